The lowest BCUT2D eigenvalue weighted by Gasteiger charge is -2.48. The summed E-state index contributed by atoms with van der Waals surface area (Å²) in [6.45, 7) is -1.94. The average molecular weight is 766 g/mol. The van der Waals surface area contributed by atoms with Gasteiger partial charge in [-0.1, -0.05) is 0 Å². The van der Waals surface area contributed by atoms with Crippen LogP contribution in [0, 0.1) is 0 Å². The minimum absolute atomic E-state index is 0.143. The molecule has 0 aromatic heterocycles. The standard InChI is InChI=1S/C29H51NO22/c30-4-2-1-3-5-45-26-18(40)14(36)21(10(7-32)47-26)49-28-19(41)15(37)22(11(8-33)48-28)50-29-20(42)16(38)23(24(52-29)25(43)44)51-27-17(39)13(35)12(34)9(6-31)46-27/h9-24,26-29,31-42H,1-8,30H2,(H,43,44)/t9?,10?,11?,12-,13-,14+,15+,16+,17?,18?,19?,20?,21+,22+,23-,24?,26-,27+,28-,29+/m0/s1. The number of hydrogen-bond acceptors (Lipinski definition) is 22. The monoisotopic (exact) mass is 765 g/mol. The van der Waals surface area contributed by atoms with Crippen molar-refractivity contribution in [2.45, 2.75) is 142 Å². The Morgan fingerprint density at radius 2 is 0.923 bits per heavy atom. The summed E-state index contributed by atoms with van der Waals surface area (Å²) in [6.07, 6.45) is -34.9. The normalized spacial score (nSPS) is 47.3. The Morgan fingerprint density at radius 1 is 0.500 bits per heavy atom. The van der Waals surface area contributed by atoms with Crippen LogP contribution in [0.25, 0.3) is 0 Å². The van der Waals surface area contributed by atoms with E-state index in [1.807, 2.05) is 0 Å². The molecular formula is C29H51NO22. The van der Waals surface area contributed by atoms with Gasteiger partial charge >= 0.3 is 5.97 Å². The molecule has 0 radical (unpaired) electrons. The van der Waals surface area contributed by atoms with Gasteiger partial charge in [0.2, 0.25) is 0 Å². The molecule has 8 unspecified atom stereocenters. The molecule has 304 valence electrons. The Morgan fingerprint density at radius 3 is 1.42 bits per heavy atom. The SMILES string of the molecule is NCCCCCO[C@H]1OC(CO)[C@@H](O[C@@H]2OC(CO)[C@@H](O[C@@H]3OC(C(=O)O)[C@@H](O[C@H]4OC(CO)[C@H](O)[C@H](O)C4O)[C@H](O)C3O)[C@H](O)C2O)[C@H](O)C1O. The number of aliphatic hydroxyl groups excluding tert-OH is 12. The van der Waals surface area contributed by atoms with Gasteiger partial charge in [0, 0.05) is 6.61 Å². The predicted octanol–water partition coefficient (Wildman–Crippen LogP) is -8.50. The van der Waals surface area contributed by atoms with Crippen molar-refractivity contribution >= 4 is 5.97 Å². The van der Waals surface area contributed by atoms with Crippen molar-refractivity contribution in [1.82, 2.24) is 0 Å². The Kier molecular flexibility index (Phi) is 16.2. The van der Waals surface area contributed by atoms with Crippen LogP contribution in [-0.4, -0.2) is 228 Å². The van der Waals surface area contributed by atoms with Crippen LogP contribution in [0.4, 0.5) is 0 Å². The summed E-state index contributed by atoms with van der Waals surface area (Å²) < 4.78 is 43.7. The number of carbonyl (C=O) groups is 1. The van der Waals surface area contributed by atoms with Gasteiger partial charge in [0.15, 0.2) is 31.3 Å². The summed E-state index contributed by atoms with van der Waals surface area (Å²) in [5.74, 6) is -1.80. The third-order valence-electron chi connectivity index (χ3n) is 9.28. The smallest absolute Gasteiger partial charge is 0.335 e. The fraction of sp³-hybridized carbons (Fsp3) is 0.966. The minimum atomic E-state index is -2.20. The molecule has 4 fully saturated rings. The molecule has 20 atom stereocenters. The summed E-state index contributed by atoms with van der Waals surface area (Å²) >= 11 is 0. The molecule has 0 saturated carbocycles. The van der Waals surface area contributed by atoms with Crippen molar-refractivity contribution < 1.29 is 109 Å². The van der Waals surface area contributed by atoms with Crippen molar-refractivity contribution in [1.29, 1.82) is 0 Å². The first-order chi connectivity index (χ1) is 24.7. The number of carboxylic acid groups (broad SMARTS) is 1. The maximum absolute atomic E-state index is 12.2. The van der Waals surface area contributed by atoms with Gasteiger partial charge in [-0.15, -0.1) is 0 Å². The molecule has 4 aliphatic heterocycles. The molecule has 4 rings (SSSR count). The third-order valence-corrected chi connectivity index (χ3v) is 9.28. The predicted molar refractivity (Wildman–Crippen MR) is 161 cm³/mol. The molecule has 0 spiro atoms. The quantitative estimate of drug-likeness (QED) is 0.0649. The van der Waals surface area contributed by atoms with Crippen molar-refractivity contribution in [2.24, 2.45) is 5.73 Å². The molecule has 0 bridgehead atoms. The Balaban J connectivity index is 1.41. The van der Waals surface area contributed by atoms with Gasteiger partial charge in [-0.2, -0.15) is 0 Å². The number of hydrogen-bond donors (Lipinski definition) is 14. The van der Waals surface area contributed by atoms with Crippen LogP contribution in [0.5, 0.6) is 0 Å². The Hall–Kier alpha value is -1.37. The zero-order valence-electron chi connectivity index (χ0n) is 27.8. The van der Waals surface area contributed by atoms with Crippen LogP contribution in [0.15, 0.2) is 0 Å². The first kappa shape index (κ1) is 43.4. The lowest BCUT2D eigenvalue weighted by Crippen LogP contribution is -2.68. The number of aliphatic carboxylic acids is 1. The average Bonchev–Trinajstić information content (AvgIpc) is 3.13. The van der Waals surface area contributed by atoms with Crippen molar-refractivity contribution in [3.63, 3.8) is 0 Å². The second kappa shape index (κ2) is 19.5. The van der Waals surface area contributed by atoms with Crippen molar-refractivity contribution in [3.8, 4) is 0 Å². The first-order valence-electron chi connectivity index (χ1n) is 16.8. The van der Waals surface area contributed by atoms with E-state index in [1.165, 1.54) is 0 Å². The van der Waals surface area contributed by atoms with E-state index in [0.29, 0.717) is 13.0 Å². The highest BCUT2D eigenvalue weighted by molar-refractivity contribution is 5.73. The van der Waals surface area contributed by atoms with Crippen LogP contribution >= 0.6 is 0 Å². The topological polar surface area (TPSA) is 380 Å². The van der Waals surface area contributed by atoms with Gasteiger partial charge in [0.25, 0.3) is 0 Å². The van der Waals surface area contributed by atoms with E-state index in [1.54, 1.807) is 0 Å². The van der Waals surface area contributed by atoms with E-state index in [2.05, 4.69) is 0 Å². The lowest BCUT2D eigenvalue weighted by molar-refractivity contribution is -0.385. The molecule has 4 heterocycles. The molecule has 0 amide bonds. The van der Waals surface area contributed by atoms with E-state index in [-0.39, 0.29) is 6.61 Å². The summed E-state index contributed by atoms with van der Waals surface area (Å²) in [5.41, 5.74) is 5.46. The molecule has 15 N–H and O–H groups in total. The second-order valence-electron chi connectivity index (χ2n) is 12.9. The fourth-order valence-electron chi connectivity index (χ4n) is 6.26. The van der Waals surface area contributed by atoms with E-state index >= 15 is 0 Å². The summed E-state index contributed by atoms with van der Waals surface area (Å²) in [7, 11) is 0. The van der Waals surface area contributed by atoms with Gasteiger partial charge in [0.05, 0.1) is 19.8 Å². The van der Waals surface area contributed by atoms with Crippen LogP contribution in [0.1, 0.15) is 19.3 Å². The molecule has 23 nitrogen and oxygen atoms in total. The number of aliphatic hydroxyl groups is 12. The second-order valence-corrected chi connectivity index (χ2v) is 12.9. The zero-order valence-corrected chi connectivity index (χ0v) is 27.8. The number of nitrogens with two attached hydrogens (primary N) is 1. The molecule has 0 aromatic carbocycles. The van der Waals surface area contributed by atoms with E-state index in [0.717, 1.165) is 12.8 Å². The fourth-order valence-corrected chi connectivity index (χ4v) is 6.26. The highest BCUT2D eigenvalue weighted by atomic mass is 16.8. The zero-order chi connectivity index (χ0) is 38.4. The molecule has 23 heteroatoms. The third kappa shape index (κ3) is 9.52. The van der Waals surface area contributed by atoms with E-state index < -0.39 is 149 Å². The number of carboxylic acids is 1. The molecule has 0 aromatic rings. The maximum atomic E-state index is 12.2. The molecule has 4 saturated heterocycles. The lowest BCUT2D eigenvalue weighted by atomic mass is 9.95. The maximum Gasteiger partial charge on any atom is 0.335 e. The molecule has 4 aliphatic rings. The summed E-state index contributed by atoms with van der Waals surface area (Å²) in [5, 5.41) is 135. The van der Waals surface area contributed by atoms with Crippen molar-refractivity contribution in [3.05, 3.63) is 0 Å². The highest BCUT2D eigenvalue weighted by Crippen LogP contribution is 2.34. The Labute approximate surface area is 296 Å². The molecule has 52 heavy (non-hydrogen) atoms. The summed E-state index contributed by atoms with van der Waals surface area (Å²) in [6, 6.07) is 0. The van der Waals surface area contributed by atoms with Crippen LogP contribution in [0.3, 0.4) is 0 Å². The van der Waals surface area contributed by atoms with Crippen LogP contribution in [-0.2, 0) is 42.7 Å². The van der Waals surface area contributed by atoms with E-state index in [9.17, 15) is 71.2 Å². The summed E-state index contributed by atoms with van der Waals surface area (Å²) in [4.78, 5) is 12.2. The van der Waals surface area contributed by atoms with Gasteiger partial charge in [-0.25, -0.2) is 4.79 Å². The first-order valence-corrected chi connectivity index (χ1v) is 16.8. The number of ether oxygens (including phenoxy) is 8. The van der Waals surface area contributed by atoms with Crippen LogP contribution < -0.4 is 5.73 Å². The highest BCUT2D eigenvalue weighted by Gasteiger charge is 2.56. The Bertz CT molecular complexity index is 1090. The van der Waals surface area contributed by atoms with Gasteiger partial charge < -0.3 is 110 Å². The van der Waals surface area contributed by atoms with E-state index in [4.69, 9.17) is 43.6 Å². The molecule has 0 aliphatic carbocycles. The molecular weight excluding hydrogens is 714 g/mol. The van der Waals surface area contributed by atoms with Gasteiger partial charge in [-0.05, 0) is 25.8 Å². The number of rotatable bonds is 16. The van der Waals surface area contributed by atoms with Crippen LogP contribution in [0.2, 0.25) is 0 Å². The van der Waals surface area contributed by atoms with Crippen molar-refractivity contribution in [2.75, 3.05) is 33.0 Å². The number of unbranched alkanes of at least 4 members (excludes halogenated alkanes) is 2. The largest absolute Gasteiger partial charge is 0.479 e. The minimum Gasteiger partial charge on any atom is -0.479 e. The van der Waals surface area contributed by atoms with Gasteiger partial charge in [-0.3, -0.25) is 0 Å². The van der Waals surface area contributed by atoms with Gasteiger partial charge in [0.1, 0.15) is 91.6 Å².